The van der Waals surface area contributed by atoms with Crippen LogP contribution in [0.3, 0.4) is 0 Å². The first-order valence-electron chi connectivity index (χ1n) is 6.21. The number of carbonyl (C=O) groups excluding carboxylic acids is 1. The molecule has 16 heavy (non-hydrogen) atoms. The maximum Gasteiger partial charge on any atom is 0.236 e. The number of morpholine rings is 1. The van der Waals surface area contributed by atoms with Gasteiger partial charge < -0.3 is 9.64 Å². The van der Waals surface area contributed by atoms with Crippen molar-refractivity contribution in [1.29, 1.82) is 0 Å². The Morgan fingerprint density at radius 1 is 1.38 bits per heavy atom. The average Bonchev–Trinajstić information content (AvgIpc) is 2.25. The molecule has 1 rings (SSSR count). The Morgan fingerprint density at radius 3 is 2.56 bits per heavy atom. The van der Waals surface area contributed by atoms with Crippen LogP contribution >= 0.6 is 0 Å². The molecule has 1 aliphatic heterocycles. The quantitative estimate of drug-likeness (QED) is 0.718. The first-order chi connectivity index (χ1) is 7.58. The van der Waals surface area contributed by atoms with E-state index >= 15 is 0 Å². The molecule has 1 aliphatic rings. The van der Waals surface area contributed by atoms with Crippen molar-refractivity contribution in [3.63, 3.8) is 0 Å². The molecule has 4 nitrogen and oxygen atoms in total. The molecule has 0 radical (unpaired) electrons. The minimum atomic E-state index is 0.228. The summed E-state index contributed by atoms with van der Waals surface area (Å²) in [6.45, 7) is 11.9. The van der Waals surface area contributed by atoms with Crippen LogP contribution < -0.4 is 0 Å². The van der Waals surface area contributed by atoms with Crippen molar-refractivity contribution in [1.82, 2.24) is 9.80 Å². The molecule has 0 spiro atoms. The van der Waals surface area contributed by atoms with Crippen molar-refractivity contribution in [3.05, 3.63) is 0 Å². The summed E-state index contributed by atoms with van der Waals surface area (Å²) in [4.78, 5) is 16.1. The average molecular weight is 228 g/mol. The molecule has 2 atom stereocenters. The van der Waals surface area contributed by atoms with Gasteiger partial charge in [-0.05, 0) is 27.7 Å². The third-order valence-electron chi connectivity index (χ3n) is 3.19. The number of ether oxygens (including phenoxy) is 1. The highest BCUT2D eigenvalue weighted by Crippen LogP contribution is 2.11. The Morgan fingerprint density at radius 2 is 2.00 bits per heavy atom. The number of rotatable bonds is 4. The minimum Gasteiger partial charge on any atom is -0.376 e. The Bertz CT molecular complexity index is 229. The lowest BCUT2D eigenvalue weighted by Crippen LogP contribution is -2.51. The maximum atomic E-state index is 12.0. The Balaban J connectivity index is 2.48. The standard InChI is InChI=1S/C12H24N2O2/c1-5-13(6-2)12(15)8-14-7-11(4)16-9-10(14)3/h10-11H,5-9H2,1-4H3/t10-,11+/m1/s1. The molecule has 94 valence electrons. The van der Waals surface area contributed by atoms with Gasteiger partial charge in [-0.1, -0.05) is 0 Å². The second-order valence-corrected chi connectivity index (χ2v) is 4.49. The number of carbonyl (C=O) groups is 1. The van der Waals surface area contributed by atoms with Gasteiger partial charge in [-0.15, -0.1) is 0 Å². The van der Waals surface area contributed by atoms with Gasteiger partial charge in [-0.3, -0.25) is 9.69 Å². The predicted octanol–water partition coefficient (Wildman–Crippen LogP) is 0.964. The van der Waals surface area contributed by atoms with Gasteiger partial charge in [0.05, 0.1) is 19.3 Å². The number of nitrogens with zero attached hydrogens (tertiary/aromatic N) is 2. The Labute approximate surface area is 98.5 Å². The van der Waals surface area contributed by atoms with Crippen LogP contribution in [0.4, 0.5) is 0 Å². The van der Waals surface area contributed by atoms with Crippen LogP contribution in [0.2, 0.25) is 0 Å². The second kappa shape index (κ2) is 6.21. The van der Waals surface area contributed by atoms with E-state index in [9.17, 15) is 4.79 Å². The Kier molecular flexibility index (Phi) is 5.22. The topological polar surface area (TPSA) is 32.8 Å². The van der Waals surface area contributed by atoms with E-state index in [1.54, 1.807) is 0 Å². The number of amides is 1. The van der Waals surface area contributed by atoms with Crippen LogP contribution in [0.15, 0.2) is 0 Å². The zero-order valence-electron chi connectivity index (χ0n) is 10.9. The highest BCUT2D eigenvalue weighted by Gasteiger charge is 2.26. The van der Waals surface area contributed by atoms with E-state index in [2.05, 4.69) is 18.7 Å². The third-order valence-corrected chi connectivity index (χ3v) is 3.19. The molecule has 0 aromatic heterocycles. The molecule has 1 amide bonds. The van der Waals surface area contributed by atoms with Gasteiger partial charge in [0.25, 0.3) is 0 Å². The molecule has 1 fully saturated rings. The van der Waals surface area contributed by atoms with Crippen LogP contribution in [0, 0.1) is 0 Å². The molecular formula is C12H24N2O2. The zero-order chi connectivity index (χ0) is 12.1. The van der Waals surface area contributed by atoms with E-state index in [1.807, 2.05) is 18.7 Å². The van der Waals surface area contributed by atoms with Crippen molar-refractivity contribution < 1.29 is 9.53 Å². The first-order valence-corrected chi connectivity index (χ1v) is 6.21. The van der Waals surface area contributed by atoms with Crippen LogP contribution in [-0.4, -0.2) is 60.6 Å². The number of hydrogen-bond acceptors (Lipinski definition) is 3. The lowest BCUT2D eigenvalue weighted by atomic mass is 10.2. The molecule has 1 saturated heterocycles. The highest BCUT2D eigenvalue weighted by molar-refractivity contribution is 5.78. The summed E-state index contributed by atoms with van der Waals surface area (Å²) in [5.74, 6) is 0.228. The van der Waals surface area contributed by atoms with Crippen LogP contribution in [0.1, 0.15) is 27.7 Å². The molecule has 0 aliphatic carbocycles. The summed E-state index contributed by atoms with van der Waals surface area (Å²) in [6.07, 6.45) is 0.237. The van der Waals surface area contributed by atoms with Gasteiger partial charge in [0, 0.05) is 25.7 Å². The highest BCUT2D eigenvalue weighted by atomic mass is 16.5. The van der Waals surface area contributed by atoms with Gasteiger partial charge in [-0.25, -0.2) is 0 Å². The lowest BCUT2D eigenvalue weighted by Gasteiger charge is -2.37. The van der Waals surface area contributed by atoms with Crippen molar-refractivity contribution in [3.8, 4) is 0 Å². The molecule has 0 saturated carbocycles. The normalized spacial score (nSPS) is 26.8. The monoisotopic (exact) mass is 228 g/mol. The fraction of sp³-hybridized carbons (Fsp3) is 0.917. The smallest absolute Gasteiger partial charge is 0.236 e. The summed E-state index contributed by atoms with van der Waals surface area (Å²) >= 11 is 0. The van der Waals surface area contributed by atoms with Gasteiger partial charge in [0.1, 0.15) is 0 Å². The van der Waals surface area contributed by atoms with E-state index in [0.717, 1.165) is 26.2 Å². The van der Waals surface area contributed by atoms with Gasteiger partial charge >= 0.3 is 0 Å². The number of hydrogen-bond donors (Lipinski definition) is 0. The van der Waals surface area contributed by atoms with Crippen molar-refractivity contribution in [2.75, 3.05) is 32.8 Å². The van der Waals surface area contributed by atoms with Crippen molar-refractivity contribution >= 4 is 5.91 Å². The van der Waals surface area contributed by atoms with E-state index in [-0.39, 0.29) is 12.0 Å². The fourth-order valence-corrected chi connectivity index (χ4v) is 2.04. The summed E-state index contributed by atoms with van der Waals surface area (Å²) in [5, 5.41) is 0. The molecule has 0 N–H and O–H groups in total. The summed E-state index contributed by atoms with van der Waals surface area (Å²) < 4.78 is 5.55. The molecular weight excluding hydrogens is 204 g/mol. The van der Waals surface area contributed by atoms with E-state index in [4.69, 9.17) is 4.74 Å². The van der Waals surface area contributed by atoms with E-state index in [0.29, 0.717) is 12.6 Å². The SMILES string of the molecule is CCN(CC)C(=O)CN1C[C@H](C)OC[C@H]1C. The van der Waals surface area contributed by atoms with Crippen LogP contribution in [-0.2, 0) is 9.53 Å². The number of likely N-dealkylation sites (N-methyl/N-ethyl adjacent to an activating group) is 1. The van der Waals surface area contributed by atoms with Crippen molar-refractivity contribution in [2.45, 2.75) is 39.8 Å². The summed E-state index contributed by atoms with van der Waals surface area (Å²) in [7, 11) is 0. The van der Waals surface area contributed by atoms with Crippen LogP contribution in [0.5, 0.6) is 0 Å². The third kappa shape index (κ3) is 3.46. The summed E-state index contributed by atoms with van der Waals surface area (Å²) in [5.41, 5.74) is 0. The Hall–Kier alpha value is -0.610. The second-order valence-electron chi connectivity index (χ2n) is 4.49. The lowest BCUT2D eigenvalue weighted by molar-refractivity contribution is -0.135. The molecule has 4 heteroatoms. The molecule has 0 bridgehead atoms. The molecule has 0 unspecified atom stereocenters. The zero-order valence-corrected chi connectivity index (χ0v) is 10.9. The fourth-order valence-electron chi connectivity index (χ4n) is 2.04. The van der Waals surface area contributed by atoms with Gasteiger partial charge in [0.15, 0.2) is 0 Å². The predicted molar refractivity (Wildman–Crippen MR) is 64.4 cm³/mol. The molecule has 0 aromatic carbocycles. The summed E-state index contributed by atoms with van der Waals surface area (Å²) in [6, 6.07) is 0.343. The van der Waals surface area contributed by atoms with Gasteiger partial charge in [-0.2, -0.15) is 0 Å². The first kappa shape index (κ1) is 13.5. The van der Waals surface area contributed by atoms with E-state index < -0.39 is 0 Å². The van der Waals surface area contributed by atoms with Crippen molar-refractivity contribution in [2.24, 2.45) is 0 Å². The van der Waals surface area contributed by atoms with Crippen LogP contribution in [0.25, 0.3) is 0 Å². The molecule has 1 heterocycles. The maximum absolute atomic E-state index is 12.0. The minimum absolute atomic E-state index is 0.228. The molecule has 0 aromatic rings. The van der Waals surface area contributed by atoms with E-state index in [1.165, 1.54) is 0 Å². The van der Waals surface area contributed by atoms with Gasteiger partial charge in [0.2, 0.25) is 5.91 Å². The largest absolute Gasteiger partial charge is 0.376 e.